The summed E-state index contributed by atoms with van der Waals surface area (Å²) in [4.78, 5) is 0. The molecule has 0 aliphatic heterocycles. The van der Waals surface area contributed by atoms with Gasteiger partial charge in [-0.05, 0) is 34.7 Å². The Hall–Kier alpha value is -2.07. The first kappa shape index (κ1) is 14.9. The van der Waals surface area contributed by atoms with Crippen molar-refractivity contribution in [1.82, 2.24) is 0 Å². The van der Waals surface area contributed by atoms with Crippen LogP contribution in [0.25, 0.3) is 11.1 Å². The normalized spacial score (nSPS) is 18.6. The average molecular weight is 289 g/mol. The van der Waals surface area contributed by atoms with E-state index < -0.39 is 0 Å². The van der Waals surface area contributed by atoms with Gasteiger partial charge in [-0.25, -0.2) is 0 Å². The fraction of sp³-hybridized carbons (Fsp3) is 0.381. The maximum Gasteiger partial charge on any atom is 0.0998 e. The summed E-state index contributed by atoms with van der Waals surface area (Å²) in [6.45, 7) is 4.62. The number of hydrogen-bond donors (Lipinski definition) is 0. The molecule has 1 aliphatic rings. The second-order valence-corrected chi connectivity index (χ2v) is 6.53. The highest BCUT2D eigenvalue weighted by Gasteiger charge is 2.47. The van der Waals surface area contributed by atoms with Crippen LogP contribution in [0.3, 0.4) is 0 Å². The Morgan fingerprint density at radius 2 is 1.73 bits per heavy atom. The zero-order valence-corrected chi connectivity index (χ0v) is 13.5. The minimum absolute atomic E-state index is 0.231. The quantitative estimate of drug-likeness (QED) is 0.615. The Labute approximate surface area is 133 Å². The molecule has 0 aromatic heterocycles. The van der Waals surface area contributed by atoms with Gasteiger partial charge in [0.1, 0.15) is 0 Å². The highest BCUT2D eigenvalue weighted by molar-refractivity contribution is 5.82. The van der Waals surface area contributed by atoms with E-state index in [0.29, 0.717) is 0 Å². The molecular weight excluding hydrogens is 266 g/mol. The van der Waals surface area contributed by atoms with Crippen LogP contribution in [0, 0.1) is 11.3 Å². The van der Waals surface area contributed by atoms with Gasteiger partial charge in [-0.2, -0.15) is 5.26 Å². The molecule has 0 saturated carbocycles. The van der Waals surface area contributed by atoms with Crippen LogP contribution >= 0.6 is 0 Å². The Morgan fingerprint density at radius 1 is 0.955 bits per heavy atom. The van der Waals surface area contributed by atoms with Crippen LogP contribution in [-0.2, 0) is 5.41 Å². The maximum atomic E-state index is 9.37. The van der Waals surface area contributed by atoms with Gasteiger partial charge in [0.05, 0.1) is 11.6 Å². The van der Waals surface area contributed by atoms with E-state index in [9.17, 15) is 5.26 Å². The first-order valence-corrected chi connectivity index (χ1v) is 8.36. The first-order valence-electron chi connectivity index (χ1n) is 8.36. The summed E-state index contributed by atoms with van der Waals surface area (Å²) in [6, 6.07) is 16.8. The molecule has 22 heavy (non-hydrogen) atoms. The van der Waals surface area contributed by atoms with Crippen LogP contribution in [0.15, 0.2) is 42.5 Å². The van der Waals surface area contributed by atoms with Crippen molar-refractivity contribution in [2.75, 3.05) is 0 Å². The third-order valence-corrected chi connectivity index (χ3v) is 5.02. The molecule has 1 aliphatic carbocycles. The molecule has 0 saturated heterocycles. The van der Waals surface area contributed by atoms with E-state index in [4.69, 9.17) is 0 Å². The molecule has 0 amide bonds. The fourth-order valence-electron chi connectivity index (χ4n) is 3.68. The van der Waals surface area contributed by atoms with Crippen LogP contribution in [0.2, 0.25) is 0 Å². The van der Waals surface area contributed by atoms with Gasteiger partial charge in [-0.1, -0.05) is 75.9 Å². The zero-order chi connectivity index (χ0) is 15.6. The number of nitriles is 1. The minimum Gasteiger partial charge on any atom is -0.192 e. The van der Waals surface area contributed by atoms with E-state index in [1.807, 2.05) is 18.2 Å². The van der Waals surface area contributed by atoms with E-state index in [1.165, 1.54) is 48.8 Å². The molecule has 0 fully saturated rings. The Kier molecular flexibility index (Phi) is 4.03. The minimum atomic E-state index is 0.231. The second kappa shape index (κ2) is 5.97. The number of rotatable bonds is 6. The number of nitrogens with zero attached hydrogens (tertiary/aromatic N) is 1. The lowest BCUT2D eigenvalue weighted by molar-refractivity contribution is 0.547. The van der Waals surface area contributed by atoms with Crippen molar-refractivity contribution in [1.29, 1.82) is 5.26 Å². The molecular formula is C21H23N. The summed E-state index contributed by atoms with van der Waals surface area (Å²) in [7, 11) is 0. The standard InChI is InChI=1S/C21H23N/c1-3-4-5-8-14-21(2)19-13-9-12-18(20(19)21)17-11-7-6-10-16(17)15-22/h6-7,9-13H,3-5,8,14H2,1-2H3. The third-order valence-electron chi connectivity index (χ3n) is 5.02. The van der Waals surface area contributed by atoms with Gasteiger partial charge < -0.3 is 0 Å². The van der Waals surface area contributed by atoms with Crippen molar-refractivity contribution in [3.63, 3.8) is 0 Å². The van der Waals surface area contributed by atoms with Crippen LogP contribution in [0.1, 0.15) is 62.6 Å². The predicted molar refractivity (Wildman–Crippen MR) is 91.8 cm³/mol. The number of hydrogen-bond acceptors (Lipinski definition) is 1. The van der Waals surface area contributed by atoms with Crippen molar-refractivity contribution in [3.05, 3.63) is 59.2 Å². The molecule has 0 radical (unpaired) electrons. The van der Waals surface area contributed by atoms with E-state index in [-0.39, 0.29) is 5.41 Å². The van der Waals surface area contributed by atoms with Gasteiger partial charge in [0.15, 0.2) is 0 Å². The predicted octanol–water partition coefficient (Wildman–Crippen LogP) is 5.82. The molecule has 1 unspecified atom stereocenters. The van der Waals surface area contributed by atoms with E-state index in [0.717, 1.165) is 11.1 Å². The Bertz CT molecular complexity index is 723. The van der Waals surface area contributed by atoms with Gasteiger partial charge in [-0.15, -0.1) is 0 Å². The molecule has 1 atom stereocenters. The highest BCUT2D eigenvalue weighted by atomic mass is 14.5. The summed E-state index contributed by atoms with van der Waals surface area (Å²) in [5.74, 6) is 0. The molecule has 0 spiro atoms. The largest absolute Gasteiger partial charge is 0.192 e. The van der Waals surface area contributed by atoms with Crippen LogP contribution in [0.5, 0.6) is 0 Å². The van der Waals surface area contributed by atoms with E-state index in [1.54, 1.807) is 0 Å². The molecule has 0 heterocycles. The van der Waals surface area contributed by atoms with Crippen LogP contribution in [0.4, 0.5) is 0 Å². The maximum absolute atomic E-state index is 9.37. The lowest BCUT2D eigenvalue weighted by Crippen LogP contribution is -2.02. The van der Waals surface area contributed by atoms with Crippen LogP contribution < -0.4 is 0 Å². The summed E-state index contributed by atoms with van der Waals surface area (Å²) in [5.41, 5.74) is 6.29. The number of unbranched alkanes of at least 4 members (excludes halogenated alkanes) is 3. The average Bonchev–Trinajstić information content (AvgIpc) is 3.17. The third kappa shape index (κ3) is 2.44. The van der Waals surface area contributed by atoms with Gasteiger partial charge in [0.2, 0.25) is 0 Å². The lowest BCUT2D eigenvalue weighted by atomic mass is 9.92. The number of benzene rings is 2. The highest BCUT2D eigenvalue weighted by Crippen LogP contribution is 2.57. The van der Waals surface area contributed by atoms with Crippen molar-refractivity contribution < 1.29 is 0 Å². The molecule has 0 N–H and O–H groups in total. The molecule has 1 nitrogen and oxygen atoms in total. The van der Waals surface area contributed by atoms with Crippen molar-refractivity contribution in [3.8, 4) is 17.2 Å². The van der Waals surface area contributed by atoms with Crippen molar-refractivity contribution >= 4 is 0 Å². The van der Waals surface area contributed by atoms with Gasteiger partial charge >= 0.3 is 0 Å². The summed E-state index contributed by atoms with van der Waals surface area (Å²) >= 11 is 0. The first-order chi connectivity index (χ1) is 10.7. The van der Waals surface area contributed by atoms with E-state index >= 15 is 0 Å². The fourth-order valence-corrected chi connectivity index (χ4v) is 3.68. The van der Waals surface area contributed by atoms with Gasteiger partial charge in [0.25, 0.3) is 0 Å². The number of fused-ring (bicyclic) bond motifs is 1. The molecule has 3 rings (SSSR count). The summed E-state index contributed by atoms with van der Waals surface area (Å²) in [6.07, 6.45) is 6.46. The summed E-state index contributed by atoms with van der Waals surface area (Å²) in [5, 5.41) is 9.37. The van der Waals surface area contributed by atoms with Crippen molar-refractivity contribution in [2.45, 2.75) is 51.4 Å². The molecule has 0 bridgehead atoms. The molecule has 2 aromatic carbocycles. The smallest absolute Gasteiger partial charge is 0.0998 e. The van der Waals surface area contributed by atoms with Gasteiger partial charge in [-0.3, -0.25) is 0 Å². The van der Waals surface area contributed by atoms with E-state index in [2.05, 4.69) is 44.2 Å². The van der Waals surface area contributed by atoms with Crippen LogP contribution in [-0.4, -0.2) is 0 Å². The lowest BCUT2D eigenvalue weighted by Gasteiger charge is -2.11. The topological polar surface area (TPSA) is 23.8 Å². The Morgan fingerprint density at radius 3 is 2.50 bits per heavy atom. The summed E-state index contributed by atoms with van der Waals surface area (Å²) < 4.78 is 0. The van der Waals surface area contributed by atoms with Gasteiger partial charge in [0, 0.05) is 5.41 Å². The zero-order valence-electron chi connectivity index (χ0n) is 13.5. The SMILES string of the molecule is CCCCCCC1(C)c2cccc(-c3ccccc3C#N)c21. The molecule has 112 valence electrons. The van der Waals surface area contributed by atoms with Crippen molar-refractivity contribution in [2.24, 2.45) is 0 Å². The second-order valence-electron chi connectivity index (χ2n) is 6.53. The molecule has 2 aromatic rings. The Balaban J connectivity index is 1.89. The molecule has 1 heteroatoms. The monoisotopic (exact) mass is 289 g/mol.